The van der Waals surface area contributed by atoms with Gasteiger partial charge >= 0.3 is 0 Å². The van der Waals surface area contributed by atoms with Gasteiger partial charge in [-0.05, 0) is 30.2 Å². The summed E-state index contributed by atoms with van der Waals surface area (Å²) in [5, 5.41) is 2.22. The topological polar surface area (TPSA) is 44.7 Å². The van der Waals surface area contributed by atoms with Crippen LogP contribution in [0.2, 0.25) is 0 Å². The number of benzene rings is 2. The number of amidine groups is 1. The molecule has 0 fully saturated rings. The number of para-hydroxylation sites is 1. The number of carbonyl (C=O) groups is 1. The second kappa shape index (κ2) is 7.84. The van der Waals surface area contributed by atoms with Gasteiger partial charge in [-0.2, -0.15) is 5.01 Å². The lowest BCUT2D eigenvalue weighted by Gasteiger charge is -2.19. The summed E-state index contributed by atoms with van der Waals surface area (Å²) in [4.78, 5) is 17.3. The number of amides is 1. The number of nitrogens with zero attached hydrogens (tertiary/aromatic N) is 2. The van der Waals surface area contributed by atoms with Crippen molar-refractivity contribution >= 4 is 34.6 Å². The Morgan fingerprint density at radius 1 is 1.08 bits per heavy atom. The minimum Gasteiger partial charge on any atom is -0.289 e. The van der Waals surface area contributed by atoms with Gasteiger partial charge in [-0.15, -0.1) is 0 Å². The average Bonchev–Trinajstić information content (AvgIpc) is 2.91. The Bertz CT molecular complexity index is 757. The predicted octanol–water partition coefficient (Wildman–Crippen LogP) is 4.40. The molecule has 1 aliphatic rings. The zero-order valence-corrected chi connectivity index (χ0v) is 14.3. The lowest BCUT2D eigenvalue weighted by molar-refractivity contribution is -0.121. The maximum atomic E-state index is 12.8. The number of hydrazine groups is 1. The van der Waals surface area contributed by atoms with E-state index in [1.165, 1.54) is 5.01 Å². The first-order valence-electron chi connectivity index (χ1n) is 7.92. The van der Waals surface area contributed by atoms with Crippen LogP contribution < -0.4 is 5.43 Å². The smallest absolute Gasteiger partial charge is 0.289 e. The van der Waals surface area contributed by atoms with Crippen LogP contribution in [0.4, 0.5) is 5.69 Å². The van der Waals surface area contributed by atoms with Crippen molar-refractivity contribution in [3.05, 3.63) is 71.9 Å². The molecule has 24 heavy (non-hydrogen) atoms. The maximum Gasteiger partial charge on any atom is 0.297 e. The van der Waals surface area contributed by atoms with Crippen molar-refractivity contribution in [1.82, 2.24) is 5.01 Å². The lowest BCUT2D eigenvalue weighted by Crippen LogP contribution is -2.36. The van der Waals surface area contributed by atoms with E-state index in [4.69, 9.17) is 0 Å². The van der Waals surface area contributed by atoms with Crippen LogP contribution in [-0.2, 0) is 4.79 Å². The standard InChI is InChI=1S/C19H19N3OS/c1-2-13-24-19-20-17(14-15-9-5-3-6-10-15)18(23)22(19)21-16-11-7-4-8-12-16/h3-12,14,21H,2,13H2,1H3/b17-14-. The van der Waals surface area contributed by atoms with Crippen molar-refractivity contribution in [2.24, 2.45) is 4.99 Å². The first-order chi connectivity index (χ1) is 11.8. The van der Waals surface area contributed by atoms with Gasteiger partial charge in [0.15, 0.2) is 5.17 Å². The fourth-order valence-electron chi connectivity index (χ4n) is 2.23. The van der Waals surface area contributed by atoms with Gasteiger partial charge in [-0.3, -0.25) is 10.2 Å². The molecule has 4 nitrogen and oxygen atoms in total. The Balaban J connectivity index is 1.86. The molecule has 1 heterocycles. The van der Waals surface area contributed by atoms with Crippen LogP contribution in [-0.4, -0.2) is 21.8 Å². The zero-order chi connectivity index (χ0) is 16.8. The Hall–Kier alpha value is -2.53. The predicted molar refractivity (Wildman–Crippen MR) is 102 cm³/mol. The molecule has 0 aromatic heterocycles. The van der Waals surface area contributed by atoms with Crippen LogP contribution >= 0.6 is 11.8 Å². The highest BCUT2D eigenvalue weighted by Gasteiger charge is 2.30. The van der Waals surface area contributed by atoms with E-state index in [2.05, 4.69) is 17.3 Å². The third-order valence-electron chi connectivity index (χ3n) is 3.38. The summed E-state index contributed by atoms with van der Waals surface area (Å²) in [6, 6.07) is 19.4. The molecule has 0 atom stereocenters. The van der Waals surface area contributed by atoms with Crippen LogP contribution in [0.25, 0.3) is 6.08 Å². The summed E-state index contributed by atoms with van der Waals surface area (Å²) >= 11 is 1.58. The lowest BCUT2D eigenvalue weighted by atomic mass is 10.2. The molecule has 2 aromatic rings. The molecule has 1 amide bonds. The number of hydrogen-bond acceptors (Lipinski definition) is 4. The summed E-state index contributed by atoms with van der Waals surface area (Å²) in [7, 11) is 0. The highest BCUT2D eigenvalue weighted by Crippen LogP contribution is 2.25. The van der Waals surface area contributed by atoms with Crippen molar-refractivity contribution in [1.29, 1.82) is 0 Å². The number of anilines is 1. The van der Waals surface area contributed by atoms with Gasteiger partial charge in [-0.25, -0.2) is 4.99 Å². The molecule has 1 N–H and O–H groups in total. The van der Waals surface area contributed by atoms with Crippen LogP contribution in [0.15, 0.2) is 71.4 Å². The fourth-order valence-corrected chi connectivity index (χ4v) is 3.04. The molecule has 5 heteroatoms. The Labute approximate surface area is 146 Å². The molecule has 0 radical (unpaired) electrons. The SMILES string of the molecule is CCCSC1=N/C(=C\c2ccccc2)C(=O)N1Nc1ccccc1. The van der Waals surface area contributed by atoms with Crippen molar-refractivity contribution in [3.8, 4) is 0 Å². The largest absolute Gasteiger partial charge is 0.297 e. The molecule has 0 aliphatic carbocycles. The third-order valence-corrected chi connectivity index (χ3v) is 4.53. The van der Waals surface area contributed by atoms with Crippen molar-refractivity contribution in [2.45, 2.75) is 13.3 Å². The Morgan fingerprint density at radius 3 is 2.42 bits per heavy atom. The molecule has 0 unspecified atom stereocenters. The number of nitrogens with one attached hydrogen (secondary N) is 1. The number of rotatable bonds is 5. The molecule has 0 spiro atoms. The number of hydrogen-bond donors (Lipinski definition) is 1. The third kappa shape index (κ3) is 3.86. The van der Waals surface area contributed by atoms with Gasteiger partial charge in [0.25, 0.3) is 5.91 Å². The molecule has 0 saturated carbocycles. The molecule has 0 bridgehead atoms. The number of thioether (sulfide) groups is 1. The molecule has 3 rings (SSSR count). The van der Waals surface area contributed by atoms with Gasteiger partial charge in [0.2, 0.25) is 0 Å². The minimum atomic E-state index is -0.138. The van der Waals surface area contributed by atoms with Gasteiger partial charge in [0.1, 0.15) is 5.70 Å². The van der Waals surface area contributed by atoms with E-state index in [0.717, 1.165) is 23.4 Å². The summed E-state index contributed by atoms with van der Waals surface area (Å²) in [5.74, 6) is 0.777. The van der Waals surface area contributed by atoms with Crippen LogP contribution in [0.5, 0.6) is 0 Å². The van der Waals surface area contributed by atoms with Crippen LogP contribution in [0, 0.1) is 0 Å². The quantitative estimate of drug-likeness (QED) is 0.823. The number of carbonyl (C=O) groups excluding carboxylic acids is 1. The van der Waals surface area contributed by atoms with E-state index in [-0.39, 0.29) is 5.91 Å². The second-order valence-corrected chi connectivity index (χ2v) is 6.36. The van der Waals surface area contributed by atoms with Crippen molar-refractivity contribution in [3.63, 3.8) is 0 Å². The number of aliphatic imine (C=N–C) groups is 1. The monoisotopic (exact) mass is 337 g/mol. The molecule has 1 aliphatic heterocycles. The van der Waals surface area contributed by atoms with E-state index in [0.29, 0.717) is 10.9 Å². The first-order valence-corrected chi connectivity index (χ1v) is 8.91. The van der Waals surface area contributed by atoms with Crippen LogP contribution in [0.1, 0.15) is 18.9 Å². The van der Waals surface area contributed by atoms with E-state index in [1.807, 2.05) is 66.7 Å². The highest BCUT2D eigenvalue weighted by atomic mass is 32.2. The average molecular weight is 337 g/mol. The van der Waals surface area contributed by atoms with Gasteiger partial charge < -0.3 is 0 Å². The van der Waals surface area contributed by atoms with Crippen molar-refractivity contribution in [2.75, 3.05) is 11.2 Å². The summed E-state index contributed by atoms with van der Waals surface area (Å²) in [5.41, 5.74) is 5.43. The van der Waals surface area contributed by atoms with E-state index in [1.54, 1.807) is 11.8 Å². The molecular formula is C19H19N3OS. The molecule has 0 saturated heterocycles. The van der Waals surface area contributed by atoms with E-state index < -0.39 is 0 Å². The Kier molecular flexibility index (Phi) is 5.33. The normalized spacial score (nSPS) is 15.7. The fraction of sp³-hybridized carbons (Fsp3) is 0.158. The molecule has 2 aromatic carbocycles. The molecule has 122 valence electrons. The summed E-state index contributed by atoms with van der Waals surface area (Å²) < 4.78 is 0. The summed E-state index contributed by atoms with van der Waals surface area (Å²) in [6.07, 6.45) is 2.84. The molecular weight excluding hydrogens is 318 g/mol. The van der Waals surface area contributed by atoms with Gasteiger partial charge in [0, 0.05) is 5.75 Å². The minimum absolute atomic E-state index is 0.138. The van der Waals surface area contributed by atoms with Crippen LogP contribution in [0.3, 0.4) is 0 Å². The second-order valence-electron chi connectivity index (χ2n) is 5.30. The van der Waals surface area contributed by atoms with Gasteiger partial charge in [-0.1, -0.05) is 67.2 Å². The van der Waals surface area contributed by atoms with E-state index in [9.17, 15) is 4.79 Å². The van der Waals surface area contributed by atoms with Gasteiger partial charge in [0.05, 0.1) is 5.69 Å². The highest BCUT2D eigenvalue weighted by molar-refractivity contribution is 8.13. The first kappa shape index (κ1) is 16.3. The van der Waals surface area contributed by atoms with Crippen molar-refractivity contribution < 1.29 is 4.79 Å². The zero-order valence-electron chi connectivity index (χ0n) is 13.5. The van der Waals surface area contributed by atoms with E-state index >= 15 is 0 Å². The maximum absolute atomic E-state index is 12.8. The Morgan fingerprint density at radius 2 is 1.75 bits per heavy atom. The summed E-state index contributed by atoms with van der Waals surface area (Å²) in [6.45, 7) is 2.11.